The van der Waals surface area contributed by atoms with Gasteiger partial charge in [0.25, 0.3) is 5.91 Å². The average Bonchev–Trinajstić information content (AvgIpc) is 2.89. The molecule has 104 valence electrons. The van der Waals surface area contributed by atoms with E-state index in [-0.39, 0.29) is 17.4 Å². The molecular formula is C13H18N2O4. The van der Waals surface area contributed by atoms with Gasteiger partial charge in [0.1, 0.15) is 0 Å². The highest BCUT2D eigenvalue weighted by Gasteiger charge is 2.26. The molecule has 0 bridgehead atoms. The lowest BCUT2D eigenvalue weighted by Crippen LogP contribution is -2.38. The topological polar surface area (TPSA) is 83.6 Å². The number of carboxylic acid groups (broad SMARTS) is 1. The number of nitrogens with zero attached hydrogens (tertiary/aromatic N) is 2. The smallest absolute Gasteiger partial charge is 0.374 e. The predicted octanol–water partition coefficient (Wildman–Crippen LogP) is 2.03. The van der Waals surface area contributed by atoms with Gasteiger partial charge in [-0.25, -0.2) is 4.79 Å². The Morgan fingerprint density at radius 3 is 2.68 bits per heavy atom. The number of piperidine rings is 1. The number of carboxylic acids is 1. The molecular weight excluding hydrogens is 248 g/mol. The van der Waals surface area contributed by atoms with E-state index in [1.807, 2.05) is 0 Å². The second-order valence-corrected chi connectivity index (χ2v) is 4.91. The summed E-state index contributed by atoms with van der Waals surface area (Å²) in [5, 5.41) is 12.2. The SMILES string of the molecule is CCCC1CCN(C(=O)c2cc(C(=O)O)on2)CC1. The van der Waals surface area contributed by atoms with Crippen molar-refractivity contribution in [2.24, 2.45) is 5.92 Å². The monoisotopic (exact) mass is 266 g/mol. The fourth-order valence-corrected chi connectivity index (χ4v) is 2.47. The van der Waals surface area contributed by atoms with Gasteiger partial charge in [0.2, 0.25) is 5.76 Å². The first-order chi connectivity index (χ1) is 9.11. The third-order valence-electron chi connectivity index (χ3n) is 3.54. The van der Waals surface area contributed by atoms with E-state index in [1.54, 1.807) is 4.90 Å². The summed E-state index contributed by atoms with van der Waals surface area (Å²) >= 11 is 0. The summed E-state index contributed by atoms with van der Waals surface area (Å²) in [6.45, 7) is 3.58. The van der Waals surface area contributed by atoms with E-state index < -0.39 is 5.97 Å². The molecule has 0 radical (unpaired) electrons. The van der Waals surface area contributed by atoms with Crippen LogP contribution in [0.15, 0.2) is 10.6 Å². The van der Waals surface area contributed by atoms with Crippen LogP contribution < -0.4 is 0 Å². The standard InChI is InChI=1S/C13H18N2O4/c1-2-3-9-4-6-15(7-5-9)12(16)10-8-11(13(17)18)19-14-10/h8-9H,2-7H2,1H3,(H,17,18). The number of carbonyl (C=O) groups excluding carboxylic acids is 1. The number of carbonyl (C=O) groups is 2. The normalized spacial score (nSPS) is 16.6. The highest BCUT2D eigenvalue weighted by atomic mass is 16.5. The number of hydrogen-bond acceptors (Lipinski definition) is 4. The molecule has 1 saturated heterocycles. The molecule has 6 nitrogen and oxygen atoms in total. The van der Waals surface area contributed by atoms with E-state index in [0.717, 1.165) is 12.8 Å². The number of aromatic nitrogens is 1. The second-order valence-electron chi connectivity index (χ2n) is 4.91. The van der Waals surface area contributed by atoms with Gasteiger partial charge < -0.3 is 14.5 Å². The van der Waals surface area contributed by atoms with Crippen LogP contribution in [0.1, 0.15) is 53.7 Å². The molecule has 2 heterocycles. The quantitative estimate of drug-likeness (QED) is 0.901. The van der Waals surface area contributed by atoms with Crippen LogP contribution in [-0.2, 0) is 0 Å². The lowest BCUT2D eigenvalue weighted by atomic mass is 9.92. The third-order valence-corrected chi connectivity index (χ3v) is 3.54. The highest BCUT2D eigenvalue weighted by Crippen LogP contribution is 2.22. The van der Waals surface area contributed by atoms with E-state index >= 15 is 0 Å². The van der Waals surface area contributed by atoms with Crippen molar-refractivity contribution in [2.45, 2.75) is 32.6 Å². The molecule has 1 aromatic heterocycles. The van der Waals surface area contributed by atoms with Gasteiger partial charge in [-0.2, -0.15) is 0 Å². The van der Waals surface area contributed by atoms with E-state index in [0.29, 0.717) is 19.0 Å². The van der Waals surface area contributed by atoms with Crippen molar-refractivity contribution in [2.75, 3.05) is 13.1 Å². The Balaban J connectivity index is 1.95. The number of hydrogen-bond donors (Lipinski definition) is 1. The van der Waals surface area contributed by atoms with Gasteiger partial charge in [0.05, 0.1) is 0 Å². The summed E-state index contributed by atoms with van der Waals surface area (Å²) in [7, 11) is 0. The molecule has 1 aromatic rings. The molecule has 0 aromatic carbocycles. The number of aromatic carboxylic acids is 1. The Kier molecular flexibility index (Phi) is 4.19. The Bertz CT molecular complexity index is 461. The van der Waals surface area contributed by atoms with E-state index in [9.17, 15) is 9.59 Å². The summed E-state index contributed by atoms with van der Waals surface area (Å²) in [5.41, 5.74) is 0.0753. The molecule has 19 heavy (non-hydrogen) atoms. The molecule has 0 spiro atoms. The minimum Gasteiger partial charge on any atom is -0.475 e. The second kappa shape index (κ2) is 5.86. The zero-order chi connectivity index (χ0) is 13.8. The Hall–Kier alpha value is -1.85. The highest BCUT2D eigenvalue weighted by molar-refractivity contribution is 5.94. The molecule has 1 amide bonds. The Morgan fingerprint density at radius 1 is 1.47 bits per heavy atom. The first-order valence-electron chi connectivity index (χ1n) is 6.61. The van der Waals surface area contributed by atoms with Crippen LogP contribution in [0.2, 0.25) is 0 Å². The van der Waals surface area contributed by atoms with Crippen molar-refractivity contribution in [3.8, 4) is 0 Å². The molecule has 6 heteroatoms. The minimum absolute atomic E-state index is 0.0753. The number of rotatable bonds is 4. The van der Waals surface area contributed by atoms with Crippen LogP contribution in [0, 0.1) is 5.92 Å². The molecule has 1 aliphatic rings. The first-order valence-corrected chi connectivity index (χ1v) is 6.61. The number of amides is 1. The van der Waals surface area contributed by atoms with Gasteiger partial charge >= 0.3 is 5.97 Å². The Morgan fingerprint density at radius 2 is 2.16 bits per heavy atom. The van der Waals surface area contributed by atoms with Crippen LogP contribution in [0.25, 0.3) is 0 Å². The lowest BCUT2D eigenvalue weighted by Gasteiger charge is -2.31. The zero-order valence-corrected chi connectivity index (χ0v) is 11.0. The van der Waals surface area contributed by atoms with Crippen molar-refractivity contribution >= 4 is 11.9 Å². The third kappa shape index (κ3) is 3.13. The summed E-state index contributed by atoms with van der Waals surface area (Å²) in [5.74, 6) is -1.07. The van der Waals surface area contributed by atoms with Crippen LogP contribution in [-0.4, -0.2) is 40.1 Å². The van der Waals surface area contributed by atoms with Gasteiger partial charge in [-0.05, 0) is 18.8 Å². The van der Waals surface area contributed by atoms with Crippen molar-refractivity contribution in [1.82, 2.24) is 10.1 Å². The number of likely N-dealkylation sites (tertiary alicyclic amines) is 1. The van der Waals surface area contributed by atoms with Gasteiger partial charge in [-0.15, -0.1) is 0 Å². The fourth-order valence-electron chi connectivity index (χ4n) is 2.47. The fraction of sp³-hybridized carbons (Fsp3) is 0.615. The lowest BCUT2D eigenvalue weighted by molar-refractivity contribution is 0.0642. The van der Waals surface area contributed by atoms with Crippen molar-refractivity contribution in [3.05, 3.63) is 17.5 Å². The van der Waals surface area contributed by atoms with E-state index in [1.165, 1.54) is 18.9 Å². The summed E-state index contributed by atoms with van der Waals surface area (Å²) in [6, 6.07) is 1.18. The van der Waals surface area contributed by atoms with Crippen LogP contribution in [0.3, 0.4) is 0 Å². The molecule has 0 aliphatic carbocycles. The zero-order valence-electron chi connectivity index (χ0n) is 11.0. The van der Waals surface area contributed by atoms with E-state index in [4.69, 9.17) is 5.11 Å². The maximum absolute atomic E-state index is 12.1. The largest absolute Gasteiger partial charge is 0.475 e. The van der Waals surface area contributed by atoms with Gasteiger partial charge in [-0.1, -0.05) is 24.9 Å². The molecule has 1 fully saturated rings. The predicted molar refractivity (Wildman–Crippen MR) is 67.0 cm³/mol. The van der Waals surface area contributed by atoms with Gasteiger partial charge in [0, 0.05) is 19.2 Å². The van der Waals surface area contributed by atoms with Crippen molar-refractivity contribution in [1.29, 1.82) is 0 Å². The van der Waals surface area contributed by atoms with Crippen LogP contribution in [0.5, 0.6) is 0 Å². The molecule has 1 N–H and O–H groups in total. The van der Waals surface area contributed by atoms with Gasteiger partial charge in [0.15, 0.2) is 5.69 Å². The maximum Gasteiger partial charge on any atom is 0.374 e. The Labute approximate surface area is 111 Å². The van der Waals surface area contributed by atoms with Gasteiger partial charge in [-0.3, -0.25) is 4.79 Å². The summed E-state index contributed by atoms with van der Waals surface area (Å²) in [4.78, 5) is 24.5. The van der Waals surface area contributed by atoms with Crippen molar-refractivity contribution < 1.29 is 19.2 Å². The summed E-state index contributed by atoms with van der Waals surface area (Å²) in [6.07, 6.45) is 4.38. The minimum atomic E-state index is -1.21. The van der Waals surface area contributed by atoms with E-state index in [2.05, 4.69) is 16.6 Å². The molecule has 1 aliphatic heterocycles. The molecule has 0 saturated carbocycles. The molecule has 0 atom stereocenters. The summed E-state index contributed by atoms with van der Waals surface area (Å²) < 4.78 is 4.60. The van der Waals surface area contributed by atoms with Crippen LogP contribution in [0.4, 0.5) is 0 Å². The molecule has 2 rings (SSSR count). The average molecular weight is 266 g/mol. The van der Waals surface area contributed by atoms with Crippen molar-refractivity contribution in [3.63, 3.8) is 0 Å². The molecule has 0 unspecified atom stereocenters. The maximum atomic E-state index is 12.1. The van der Waals surface area contributed by atoms with Crippen LogP contribution >= 0.6 is 0 Å². The first kappa shape index (κ1) is 13.6.